The van der Waals surface area contributed by atoms with Gasteiger partial charge in [-0.2, -0.15) is 0 Å². The molecule has 0 amide bonds. The molecular formula is C26H33NO6. The summed E-state index contributed by atoms with van der Waals surface area (Å²) in [4.78, 5) is 26.9. The van der Waals surface area contributed by atoms with Gasteiger partial charge in [0.25, 0.3) is 0 Å². The predicted molar refractivity (Wildman–Crippen MR) is 123 cm³/mol. The van der Waals surface area contributed by atoms with E-state index in [1.54, 1.807) is 20.3 Å². The zero-order valence-electron chi connectivity index (χ0n) is 20.1. The molecule has 0 bridgehead atoms. The molecule has 1 N–H and O–H groups in total. The van der Waals surface area contributed by atoms with Crippen LogP contribution in [0.25, 0.3) is 0 Å². The number of methoxy groups -OCH3 is 2. The number of rotatable bonds is 6. The molecule has 0 spiro atoms. The van der Waals surface area contributed by atoms with Crippen molar-refractivity contribution < 1.29 is 28.5 Å². The van der Waals surface area contributed by atoms with Gasteiger partial charge in [-0.25, -0.2) is 4.79 Å². The first kappa shape index (κ1) is 23.4. The van der Waals surface area contributed by atoms with E-state index in [-0.39, 0.29) is 23.9 Å². The summed E-state index contributed by atoms with van der Waals surface area (Å²) in [6.07, 6.45) is 2.89. The molecule has 1 fully saturated rings. The number of Topliss-reactive ketones (excluding diaryl/α,β-unsaturated/α-hetero) is 1. The van der Waals surface area contributed by atoms with E-state index in [9.17, 15) is 9.59 Å². The lowest BCUT2D eigenvalue weighted by Gasteiger charge is -2.39. The maximum atomic E-state index is 13.5. The van der Waals surface area contributed by atoms with Crippen LogP contribution >= 0.6 is 0 Å². The summed E-state index contributed by atoms with van der Waals surface area (Å²) in [5.41, 5.74) is 3.12. The van der Waals surface area contributed by atoms with E-state index < -0.39 is 11.9 Å². The number of allylic oxidation sites excluding steroid dienone is 3. The summed E-state index contributed by atoms with van der Waals surface area (Å²) in [5, 5.41) is 3.36. The second-order valence-corrected chi connectivity index (χ2v) is 9.75. The highest BCUT2D eigenvalue weighted by atomic mass is 16.6. The lowest BCUT2D eigenvalue weighted by molar-refractivity contribution is -0.142. The SMILES string of the molecule is COc1cccc([C@@H]2C(C(=O)OC[C@@H]3CCCO3)=C(C)NC3=C2C(=O)CC(C)(C)C3)c1OC. The van der Waals surface area contributed by atoms with Gasteiger partial charge in [0.05, 0.1) is 31.8 Å². The number of benzene rings is 1. The van der Waals surface area contributed by atoms with Gasteiger partial charge >= 0.3 is 5.97 Å². The largest absolute Gasteiger partial charge is 0.493 e. The molecule has 7 heteroatoms. The van der Waals surface area contributed by atoms with Crippen molar-refractivity contribution in [1.82, 2.24) is 5.32 Å². The highest BCUT2D eigenvalue weighted by Crippen LogP contribution is 2.50. The Morgan fingerprint density at radius 3 is 2.67 bits per heavy atom. The number of dihydropyridines is 1. The van der Waals surface area contributed by atoms with Crippen molar-refractivity contribution in [2.45, 2.75) is 58.5 Å². The van der Waals surface area contributed by atoms with Crippen molar-refractivity contribution in [3.63, 3.8) is 0 Å². The molecule has 0 unspecified atom stereocenters. The number of carbonyl (C=O) groups is 2. The molecule has 7 nitrogen and oxygen atoms in total. The first-order valence-electron chi connectivity index (χ1n) is 11.5. The van der Waals surface area contributed by atoms with Gasteiger partial charge < -0.3 is 24.3 Å². The van der Waals surface area contributed by atoms with Gasteiger partial charge in [0, 0.05) is 35.6 Å². The molecule has 1 aliphatic carbocycles. The molecule has 2 heterocycles. The fourth-order valence-electron chi connectivity index (χ4n) is 5.18. The average molecular weight is 456 g/mol. The molecule has 0 radical (unpaired) electrons. The topological polar surface area (TPSA) is 83.1 Å². The second kappa shape index (κ2) is 9.21. The van der Waals surface area contributed by atoms with Crippen LogP contribution in [0.5, 0.6) is 11.5 Å². The van der Waals surface area contributed by atoms with Crippen LogP contribution in [0.4, 0.5) is 0 Å². The first-order chi connectivity index (χ1) is 15.8. The number of esters is 1. The molecular weight excluding hydrogens is 422 g/mol. The molecule has 4 rings (SSSR count). The Morgan fingerprint density at radius 1 is 1.21 bits per heavy atom. The lowest BCUT2D eigenvalue weighted by atomic mass is 9.68. The average Bonchev–Trinajstić information content (AvgIpc) is 3.28. The summed E-state index contributed by atoms with van der Waals surface area (Å²) in [7, 11) is 3.14. The number of nitrogens with one attached hydrogen (secondary N) is 1. The number of hydrogen-bond donors (Lipinski definition) is 1. The zero-order chi connectivity index (χ0) is 23.8. The molecule has 178 valence electrons. The van der Waals surface area contributed by atoms with Crippen LogP contribution in [0.3, 0.4) is 0 Å². The third-order valence-electron chi connectivity index (χ3n) is 6.63. The van der Waals surface area contributed by atoms with Crippen molar-refractivity contribution in [2.75, 3.05) is 27.4 Å². The van der Waals surface area contributed by atoms with E-state index >= 15 is 0 Å². The number of para-hydroxylation sites is 1. The minimum Gasteiger partial charge on any atom is -0.493 e. The van der Waals surface area contributed by atoms with Gasteiger partial charge in [0.2, 0.25) is 0 Å². The quantitative estimate of drug-likeness (QED) is 0.649. The van der Waals surface area contributed by atoms with Gasteiger partial charge in [-0.15, -0.1) is 0 Å². The van der Waals surface area contributed by atoms with E-state index in [0.717, 1.165) is 18.5 Å². The minimum absolute atomic E-state index is 0.0283. The Balaban J connectivity index is 1.80. The first-order valence-corrected chi connectivity index (χ1v) is 11.5. The lowest BCUT2D eigenvalue weighted by Crippen LogP contribution is -2.39. The van der Waals surface area contributed by atoms with Gasteiger partial charge in [-0.1, -0.05) is 26.0 Å². The molecule has 2 atom stereocenters. The van der Waals surface area contributed by atoms with Crippen molar-refractivity contribution in [3.05, 3.63) is 46.3 Å². The molecule has 33 heavy (non-hydrogen) atoms. The standard InChI is InChI=1S/C26H33NO6/c1-15-21(25(29)33-14-16-8-7-11-32-16)22(17-9-6-10-20(30-4)24(17)31-5)23-18(27-15)12-26(2,3)13-19(23)28/h6,9-10,16,22,27H,7-8,11-14H2,1-5H3/t16-,22+/m0/s1. The van der Waals surface area contributed by atoms with Crippen molar-refractivity contribution >= 4 is 11.8 Å². The molecule has 1 aromatic carbocycles. The minimum atomic E-state index is -0.605. The third-order valence-corrected chi connectivity index (χ3v) is 6.63. The van der Waals surface area contributed by atoms with E-state index in [1.165, 1.54) is 0 Å². The second-order valence-electron chi connectivity index (χ2n) is 9.75. The van der Waals surface area contributed by atoms with E-state index in [0.29, 0.717) is 53.4 Å². The summed E-state index contributed by atoms with van der Waals surface area (Å²) in [6, 6.07) is 5.53. The highest BCUT2D eigenvalue weighted by molar-refractivity contribution is 6.04. The Morgan fingerprint density at radius 2 is 2.00 bits per heavy atom. The Labute approximate surface area is 195 Å². The molecule has 1 saturated heterocycles. The van der Waals surface area contributed by atoms with Gasteiger partial charge in [0.15, 0.2) is 17.3 Å². The Hall–Kier alpha value is -2.80. The van der Waals surface area contributed by atoms with Crippen LogP contribution in [-0.4, -0.2) is 45.3 Å². The van der Waals surface area contributed by atoms with Crippen LogP contribution in [0.15, 0.2) is 40.7 Å². The van der Waals surface area contributed by atoms with Crippen LogP contribution in [-0.2, 0) is 19.1 Å². The molecule has 1 aromatic rings. The van der Waals surface area contributed by atoms with Crippen LogP contribution < -0.4 is 14.8 Å². The number of ether oxygens (including phenoxy) is 4. The van der Waals surface area contributed by atoms with Gasteiger partial charge in [0.1, 0.15) is 6.61 Å². The number of ketones is 1. The summed E-state index contributed by atoms with van der Waals surface area (Å²) in [5.74, 6) is 0.0274. The maximum Gasteiger partial charge on any atom is 0.336 e. The summed E-state index contributed by atoms with van der Waals surface area (Å²) < 4.78 is 22.5. The maximum absolute atomic E-state index is 13.5. The molecule has 2 aliphatic heterocycles. The Kier molecular flexibility index (Phi) is 6.52. The van der Waals surface area contributed by atoms with Crippen molar-refractivity contribution in [1.29, 1.82) is 0 Å². The van der Waals surface area contributed by atoms with Crippen LogP contribution in [0.1, 0.15) is 57.9 Å². The predicted octanol–water partition coefficient (Wildman–Crippen LogP) is 4.03. The van der Waals surface area contributed by atoms with Crippen LogP contribution in [0.2, 0.25) is 0 Å². The molecule has 0 saturated carbocycles. The van der Waals surface area contributed by atoms with E-state index in [4.69, 9.17) is 18.9 Å². The van der Waals surface area contributed by atoms with Crippen molar-refractivity contribution in [3.8, 4) is 11.5 Å². The monoisotopic (exact) mass is 455 g/mol. The number of carbonyl (C=O) groups excluding carboxylic acids is 2. The molecule has 0 aromatic heterocycles. The van der Waals surface area contributed by atoms with Crippen molar-refractivity contribution in [2.24, 2.45) is 5.41 Å². The van der Waals surface area contributed by atoms with E-state index in [2.05, 4.69) is 19.2 Å². The fourth-order valence-corrected chi connectivity index (χ4v) is 5.18. The van der Waals surface area contributed by atoms with Gasteiger partial charge in [-0.05, 0) is 37.7 Å². The number of hydrogen-bond acceptors (Lipinski definition) is 7. The van der Waals surface area contributed by atoms with Crippen LogP contribution in [0, 0.1) is 5.41 Å². The highest BCUT2D eigenvalue weighted by Gasteiger charge is 2.44. The van der Waals surface area contributed by atoms with Gasteiger partial charge in [-0.3, -0.25) is 4.79 Å². The molecule has 3 aliphatic rings. The summed E-state index contributed by atoms with van der Waals surface area (Å²) in [6.45, 7) is 6.92. The normalized spacial score (nSPS) is 24.3. The summed E-state index contributed by atoms with van der Waals surface area (Å²) >= 11 is 0. The Bertz CT molecular complexity index is 1020. The third kappa shape index (κ3) is 4.51. The van der Waals surface area contributed by atoms with E-state index in [1.807, 2.05) is 19.1 Å². The smallest absolute Gasteiger partial charge is 0.336 e. The zero-order valence-corrected chi connectivity index (χ0v) is 20.1. The fraction of sp³-hybridized carbons (Fsp3) is 0.538.